The molecule has 1 aromatic rings. The normalized spacial score (nSPS) is 12.6. The van der Waals surface area contributed by atoms with Crippen LogP contribution in [0.3, 0.4) is 0 Å². The molecule has 1 atom stereocenters. The fourth-order valence-corrected chi connectivity index (χ4v) is 2.04. The smallest absolute Gasteiger partial charge is 0.323 e. The van der Waals surface area contributed by atoms with E-state index in [2.05, 4.69) is 46.6 Å². The molecule has 1 rings (SSSR count). The molecule has 14 heavy (non-hydrogen) atoms. The molecule has 0 saturated carbocycles. The van der Waals surface area contributed by atoms with Crippen LogP contribution in [0.1, 0.15) is 5.69 Å². The summed E-state index contributed by atoms with van der Waals surface area (Å²) in [5.41, 5.74) is 6.34. The van der Waals surface area contributed by atoms with E-state index in [1.807, 2.05) is 0 Å². The number of aromatic amines is 1. The third-order valence-corrected chi connectivity index (χ3v) is 2.66. The van der Waals surface area contributed by atoms with Gasteiger partial charge in [0.1, 0.15) is 10.6 Å². The standard InChI is InChI=1S/C7H9Br2N3O2/c1-14-6(13)3(10)2-4-5(8)12-7(9)11-4/h3H,2,10H2,1H3,(H,11,12)/t3-/m0/s1. The Hall–Kier alpha value is -0.400. The lowest BCUT2D eigenvalue weighted by Crippen LogP contribution is -2.33. The van der Waals surface area contributed by atoms with Crippen LogP contribution in [0, 0.1) is 0 Å². The third-order valence-electron chi connectivity index (χ3n) is 1.63. The van der Waals surface area contributed by atoms with Gasteiger partial charge >= 0.3 is 5.97 Å². The van der Waals surface area contributed by atoms with Gasteiger partial charge in [0.25, 0.3) is 0 Å². The molecule has 7 heteroatoms. The van der Waals surface area contributed by atoms with Crippen LogP contribution in [0.2, 0.25) is 0 Å². The molecular weight excluding hydrogens is 318 g/mol. The molecule has 0 radical (unpaired) electrons. The number of methoxy groups -OCH3 is 1. The zero-order valence-electron chi connectivity index (χ0n) is 7.38. The number of ether oxygens (including phenoxy) is 1. The highest BCUT2D eigenvalue weighted by Gasteiger charge is 2.17. The molecule has 0 amide bonds. The largest absolute Gasteiger partial charge is 0.468 e. The van der Waals surface area contributed by atoms with Crippen molar-refractivity contribution in [3.63, 3.8) is 0 Å². The Labute approximate surface area is 97.7 Å². The predicted molar refractivity (Wildman–Crippen MR) is 57.7 cm³/mol. The van der Waals surface area contributed by atoms with E-state index in [9.17, 15) is 4.79 Å². The summed E-state index contributed by atoms with van der Waals surface area (Å²) >= 11 is 6.41. The number of imidazole rings is 1. The summed E-state index contributed by atoms with van der Waals surface area (Å²) in [4.78, 5) is 18.0. The van der Waals surface area contributed by atoms with E-state index in [1.165, 1.54) is 7.11 Å². The number of esters is 1. The van der Waals surface area contributed by atoms with Crippen LogP contribution < -0.4 is 5.73 Å². The fraction of sp³-hybridized carbons (Fsp3) is 0.429. The maximum absolute atomic E-state index is 11.0. The number of rotatable bonds is 3. The molecule has 0 fully saturated rings. The number of nitrogens with one attached hydrogen (secondary N) is 1. The Morgan fingerprint density at radius 2 is 2.36 bits per heavy atom. The number of aromatic nitrogens is 2. The minimum Gasteiger partial charge on any atom is -0.468 e. The molecule has 1 heterocycles. The Morgan fingerprint density at radius 1 is 1.71 bits per heavy atom. The van der Waals surface area contributed by atoms with Crippen LogP contribution in [0.5, 0.6) is 0 Å². The molecule has 0 aliphatic rings. The molecule has 0 unspecified atom stereocenters. The van der Waals surface area contributed by atoms with Crippen LogP contribution in [0.15, 0.2) is 9.34 Å². The molecule has 1 aromatic heterocycles. The topological polar surface area (TPSA) is 81.0 Å². The summed E-state index contributed by atoms with van der Waals surface area (Å²) in [6, 6.07) is -0.677. The van der Waals surface area contributed by atoms with Gasteiger partial charge in [-0.3, -0.25) is 4.79 Å². The van der Waals surface area contributed by atoms with Crippen molar-refractivity contribution in [3.05, 3.63) is 15.0 Å². The van der Waals surface area contributed by atoms with E-state index in [0.717, 1.165) is 5.69 Å². The molecule has 0 aliphatic carbocycles. The van der Waals surface area contributed by atoms with Gasteiger partial charge < -0.3 is 15.5 Å². The van der Waals surface area contributed by atoms with Crippen molar-refractivity contribution in [2.45, 2.75) is 12.5 Å². The Kier molecular flexibility index (Phi) is 4.09. The molecule has 0 bridgehead atoms. The van der Waals surface area contributed by atoms with E-state index >= 15 is 0 Å². The number of nitrogens with two attached hydrogens (primary N) is 1. The molecule has 0 aliphatic heterocycles. The highest BCUT2D eigenvalue weighted by Crippen LogP contribution is 2.18. The lowest BCUT2D eigenvalue weighted by atomic mass is 10.2. The van der Waals surface area contributed by atoms with Gasteiger partial charge in [0.2, 0.25) is 0 Å². The first-order valence-corrected chi connectivity index (χ1v) is 5.36. The Morgan fingerprint density at radius 3 is 2.79 bits per heavy atom. The van der Waals surface area contributed by atoms with E-state index in [1.54, 1.807) is 0 Å². The summed E-state index contributed by atoms with van der Waals surface area (Å²) < 4.78 is 5.74. The van der Waals surface area contributed by atoms with Crippen LogP contribution in [0.4, 0.5) is 0 Å². The van der Waals surface area contributed by atoms with Crippen molar-refractivity contribution >= 4 is 37.8 Å². The average Bonchev–Trinajstić information content (AvgIpc) is 2.44. The zero-order chi connectivity index (χ0) is 10.7. The second-order valence-corrected chi connectivity index (χ2v) is 4.13. The van der Waals surface area contributed by atoms with Crippen molar-refractivity contribution < 1.29 is 9.53 Å². The summed E-state index contributed by atoms with van der Waals surface area (Å²) in [5.74, 6) is -0.442. The number of hydrogen-bond donors (Lipinski definition) is 2. The van der Waals surface area contributed by atoms with Gasteiger partial charge in [0, 0.05) is 6.42 Å². The van der Waals surface area contributed by atoms with E-state index in [4.69, 9.17) is 5.73 Å². The van der Waals surface area contributed by atoms with Gasteiger partial charge in [-0.05, 0) is 31.9 Å². The van der Waals surface area contributed by atoms with Gasteiger partial charge in [0.05, 0.1) is 12.8 Å². The number of carbonyl (C=O) groups excluding carboxylic acids is 1. The molecule has 3 N–H and O–H groups in total. The van der Waals surface area contributed by atoms with E-state index in [-0.39, 0.29) is 0 Å². The van der Waals surface area contributed by atoms with Gasteiger partial charge in [0.15, 0.2) is 4.73 Å². The van der Waals surface area contributed by atoms with E-state index < -0.39 is 12.0 Å². The number of H-pyrrole nitrogens is 1. The molecule has 0 saturated heterocycles. The highest BCUT2D eigenvalue weighted by molar-refractivity contribution is 9.11. The van der Waals surface area contributed by atoms with Crippen molar-refractivity contribution in [1.29, 1.82) is 0 Å². The van der Waals surface area contributed by atoms with Crippen LogP contribution >= 0.6 is 31.9 Å². The summed E-state index contributed by atoms with van der Waals surface area (Å²) in [6.07, 6.45) is 0.353. The Bertz CT molecular complexity index is 340. The number of carbonyl (C=O) groups is 1. The minimum atomic E-state index is -0.677. The van der Waals surface area contributed by atoms with Gasteiger partial charge in [-0.25, -0.2) is 4.98 Å². The molecular formula is C7H9Br2N3O2. The second-order valence-electron chi connectivity index (χ2n) is 2.63. The van der Waals surface area contributed by atoms with Crippen LogP contribution in [-0.2, 0) is 16.0 Å². The SMILES string of the molecule is COC(=O)[C@@H](N)Cc1[nH]c(Br)nc1Br. The maximum atomic E-state index is 11.0. The summed E-state index contributed by atoms with van der Waals surface area (Å²) in [7, 11) is 1.31. The zero-order valence-corrected chi connectivity index (χ0v) is 10.6. The number of nitrogens with zero attached hydrogens (tertiary/aromatic N) is 1. The first kappa shape index (κ1) is 11.7. The minimum absolute atomic E-state index is 0.353. The molecule has 78 valence electrons. The van der Waals surface area contributed by atoms with Gasteiger partial charge in [-0.2, -0.15) is 0 Å². The third kappa shape index (κ3) is 2.79. The average molecular weight is 327 g/mol. The monoisotopic (exact) mass is 325 g/mol. The summed E-state index contributed by atoms with van der Waals surface area (Å²) in [6.45, 7) is 0. The molecule has 0 aromatic carbocycles. The lowest BCUT2D eigenvalue weighted by Gasteiger charge is -2.07. The first-order valence-electron chi connectivity index (χ1n) is 3.78. The quantitative estimate of drug-likeness (QED) is 0.811. The number of halogens is 2. The van der Waals surface area contributed by atoms with Crippen LogP contribution in [-0.4, -0.2) is 29.1 Å². The first-order chi connectivity index (χ1) is 6.54. The van der Waals surface area contributed by atoms with Crippen molar-refractivity contribution in [3.8, 4) is 0 Å². The van der Waals surface area contributed by atoms with Gasteiger partial charge in [-0.1, -0.05) is 0 Å². The van der Waals surface area contributed by atoms with Crippen molar-refractivity contribution in [2.24, 2.45) is 5.73 Å². The predicted octanol–water partition coefficient (Wildman–Crippen LogP) is 0.977. The van der Waals surface area contributed by atoms with Crippen molar-refractivity contribution in [2.75, 3.05) is 7.11 Å². The van der Waals surface area contributed by atoms with E-state index in [0.29, 0.717) is 15.8 Å². The Balaban J connectivity index is 2.69. The summed E-state index contributed by atoms with van der Waals surface area (Å²) in [5, 5.41) is 0. The second kappa shape index (κ2) is 4.90. The van der Waals surface area contributed by atoms with Gasteiger partial charge in [-0.15, -0.1) is 0 Å². The van der Waals surface area contributed by atoms with Crippen LogP contribution in [0.25, 0.3) is 0 Å². The fourth-order valence-electron chi connectivity index (χ4n) is 0.948. The lowest BCUT2D eigenvalue weighted by molar-refractivity contribution is -0.142. The van der Waals surface area contributed by atoms with Crippen molar-refractivity contribution in [1.82, 2.24) is 9.97 Å². The maximum Gasteiger partial charge on any atom is 0.323 e. The number of hydrogen-bond acceptors (Lipinski definition) is 4. The highest BCUT2D eigenvalue weighted by atomic mass is 79.9. The molecule has 5 nitrogen and oxygen atoms in total. The molecule has 0 spiro atoms.